The highest BCUT2D eigenvalue weighted by atomic mass is 16.5. The van der Waals surface area contributed by atoms with Crippen LogP contribution in [0.3, 0.4) is 0 Å². The molecule has 0 fully saturated rings. The van der Waals surface area contributed by atoms with Crippen molar-refractivity contribution in [3.05, 3.63) is 89.5 Å². The average molecular weight is 350 g/mol. The first-order valence-electron chi connectivity index (χ1n) is 8.47. The van der Waals surface area contributed by atoms with Crippen LogP contribution in [0, 0.1) is 6.92 Å². The summed E-state index contributed by atoms with van der Waals surface area (Å²) in [5, 5.41) is 0. The molecule has 2 aromatic carbocycles. The van der Waals surface area contributed by atoms with Crippen molar-refractivity contribution in [2.45, 2.75) is 26.2 Å². The Kier molecular flexibility index (Phi) is 5.81. The first kappa shape index (κ1) is 17.9. The van der Waals surface area contributed by atoms with E-state index in [1.54, 1.807) is 24.7 Å². The first-order chi connectivity index (χ1) is 12.7. The van der Waals surface area contributed by atoms with Gasteiger partial charge < -0.3 is 14.0 Å². The first-order valence-corrected chi connectivity index (χ1v) is 8.47. The van der Waals surface area contributed by atoms with Crippen LogP contribution in [-0.2, 0) is 22.6 Å². The smallest absolute Gasteiger partial charge is 0.337 e. The summed E-state index contributed by atoms with van der Waals surface area (Å²) in [6.07, 6.45) is 5.39. The van der Waals surface area contributed by atoms with Crippen LogP contribution in [0.2, 0.25) is 0 Å². The summed E-state index contributed by atoms with van der Waals surface area (Å²) in [6.45, 7) is 3.21. The Morgan fingerprint density at radius 3 is 2.65 bits per heavy atom. The molecule has 0 amide bonds. The number of nitrogens with zero attached hydrogens (tertiary/aromatic N) is 2. The number of aryl methyl sites for hydroxylation is 1. The van der Waals surface area contributed by atoms with Crippen molar-refractivity contribution in [1.29, 1.82) is 0 Å². The lowest BCUT2D eigenvalue weighted by atomic mass is 10.1. The summed E-state index contributed by atoms with van der Waals surface area (Å²) in [5.41, 5.74) is 3.86. The molecule has 5 heteroatoms. The molecule has 0 saturated carbocycles. The van der Waals surface area contributed by atoms with Crippen molar-refractivity contribution in [3.63, 3.8) is 0 Å². The predicted molar refractivity (Wildman–Crippen MR) is 98.7 cm³/mol. The second kappa shape index (κ2) is 8.45. The van der Waals surface area contributed by atoms with E-state index in [0.29, 0.717) is 18.7 Å². The largest absolute Gasteiger partial charge is 0.465 e. The van der Waals surface area contributed by atoms with Gasteiger partial charge in [0.15, 0.2) is 0 Å². The van der Waals surface area contributed by atoms with Crippen molar-refractivity contribution in [1.82, 2.24) is 9.55 Å². The minimum atomic E-state index is -0.338. The van der Waals surface area contributed by atoms with E-state index in [2.05, 4.69) is 30.1 Å². The monoisotopic (exact) mass is 350 g/mol. The molecule has 1 heterocycles. The Morgan fingerprint density at radius 2 is 2.00 bits per heavy atom. The second-order valence-electron chi connectivity index (χ2n) is 6.16. The second-order valence-corrected chi connectivity index (χ2v) is 6.16. The lowest BCUT2D eigenvalue weighted by Gasteiger charge is -2.19. The van der Waals surface area contributed by atoms with Crippen molar-refractivity contribution in [3.8, 4) is 0 Å². The Balaban J connectivity index is 1.72. The normalized spacial score (nSPS) is 11.9. The summed E-state index contributed by atoms with van der Waals surface area (Å²) < 4.78 is 12.9. The molecule has 0 aliphatic rings. The third kappa shape index (κ3) is 4.58. The van der Waals surface area contributed by atoms with Gasteiger partial charge in [-0.25, -0.2) is 9.78 Å². The summed E-state index contributed by atoms with van der Waals surface area (Å²) in [6, 6.07) is 15.6. The van der Waals surface area contributed by atoms with Crippen LogP contribution < -0.4 is 0 Å². The fourth-order valence-corrected chi connectivity index (χ4v) is 2.76. The minimum absolute atomic E-state index is 0.0932. The average Bonchev–Trinajstić information content (AvgIpc) is 3.18. The van der Waals surface area contributed by atoms with Crippen molar-refractivity contribution >= 4 is 5.97 Å². The number of methoxy groups -OCH3 is 1. The van der Waals surface area contributed by atoms with Gasteiger partial charge in [0.25, 0.3) is 0 Å². The molecule has 1 atom stereocenters. The molecule has 0 saturated heterocycles. The van der Waals surface area contributed by atoms with Gasteiger partial charge in [0.1, 0.15) is 6.10 Å². The Labute approximate surface area is 153 Å². The maximum absolute atomic E-state index is 11.5. The van der Waals surface area contributed by atoms with E-state index in [9.17, 15) is 4.79 Å². The van der Waals surface area contributed by atoms with E-state index >= 15 is 0 Å². The topological polar surface area (TPSA) is 53.4 Å². The molecule has 0 N–H and O–H groups in total. The van der Waals surface area contributed by atoms with Gasteiger partial charge in [-0.3, -0.25) is 0 Å². The van der Waals surface area contributed by atoms with Crippen molar-refractivity contribution in [2.24, 2.45) is 0 Å². The molecule has 1 aromatic heterocycles. The van der Waals surface area contributed by atoms with Crippen LogP contribution in [0.25, 0.3) is 0 Å². The van der Waals surface area contributed by atoms with E-state index in [1.165, 1.54) is 12.7 Å². The van der Waals surface area contributed by atoms with E-state index in [1.807, 2.05) is 29.0 Å². The SMILES string of the molecule is COC(=O)c1ccc(COC(Cn2ccnc2)c2cccc(C)c2)cc1. The Morgan fingerprint density at radius 1 is 1.19 bits per heavy atom. The predicted octanol–water partition coefficient (Wildman–Crippen LogP) is 3.94. The number of imidazole rings is 1. The van der Waals surface area contributed by atoms with Crippen LogP contribution in [-0.4, -0.2) is 22.6 Å². The quantitative estimate of drug-likeness (QED) is 0.606. The number of hydrogen-bond acceptors (Lipinski definition) is 4. The fraction of sp³-hybridized carbons (Fsp3) is 0.238. The van der Waals surface area contributed by atoms with Crippen LogP contribution in [0.4, 0.5) is 0 Å². The van der Waals surface area contributed by atoms with E-state index in [4.69, 9.17) is 9.47 Å². The molecule has 3 rings (SSSR count). The van der Waals surface area contributed by atoms with Crippen LogP contribution in [0.1, 0.15) is 33.2 Å². The molecular weight excluding hydrogens is 328 g/mol. The number of carbonyl (C=O) groups is 1. The number of hydrogen-bond donors (Lipinski definition) is 0. The van der Waals surface area contributed by atoms with Gasteiger partial charge in [-0.15, -0.1) is 0 Å². The van der Waals surface area contributed by atoms with E-state index < -0.39 is 0 Å². The standard InChI is InChI=1S/C21H22N2O3/c1-16-4-3-5-19(12-16)20(13-23-11-10-22-15-23)26-14-17-6-8-18(9-7-17)21(24)25-2/h3-12,15,20H,13-14H2,1-2H3. The summed E-state index contributed by atoms with van der Waals surface area (Å²) >= 11 is 0. The number of ether oxygens (including phenoxy) is 2. The molecule has 5 nitrogen and oxygen atoms in total. The zero-order chi connectivity index (χ0) is 18.4. The van der Waals surface area contributed by atoms with Crippen LogP contribution in [0.5, 0.6) is 0 Å². The maximum atomic E-state index is 11.5. The van der Waals surface area contributed by atoms with Gasteiger partial charge in [-0.2, -0.15) is 0 Å². The molecule has 26 heavy (non-hydrogen) atoms. The number of aromatic nitrogens is 2. The van der Waals surface area contributed by atoms with Crippen molar-refractivity contribution < 1.29 is 14.3 Å². The van der Waals surface area contributed by atoms with Gasteiger partial charge in [0, 0.05) is 12.4 Å². The zero-order valence-electron chi connectivity index (χ0n) is 15.0. The molecule has 0 radical (unpaired) electrons. The zero-order valence-corrected chi connectivity index (χ0v) is 15.0. The third-order valence-electron chi connectivity index (χ3n) is 4.18. The summed E-state index contributed by atoms with van der Waals surface area (Å²) in [7, 11) is 1.38. The van der Waals surface area contributed by atoms with Gasteiger partial charge in [0.2, 0.25) is 0 Å². The minimum Gasteiger partial charge on any atom is -0.465 e. The lowest BCUT2D eigenvalue weighted by molar-refractivity contribution is 0.0279. The Bertz CT molecular complexity index is 842. The van der Waals surface area contributed by atoms with Crippen LogP contribution in [0.15, 0.2) is 67.3 Å². The lowest BCUT2D eigenvalue weighted by Crippen LogP contribution is -2.12. The van der Waals surface area contributed by atoms with Gasteiger partial charge in [-0.1, -0.05) is 42.0 Å². The van der Waals surface area contributed by atoms with E-state index in [-0.39, 0.29) is 12.1 Å². The molecule has 0 aliphatic heterocycles. The number of rotatable bonds is 7. The highest BCUT2D eigenvalue weighted by molar-refractivity contribution is 5.89. The molecule has 1 unspecified atom stereocenters. The number of esters is 1. The highest BCUT2D eigenvalue weighted by Gasteiger charge is 2.14. The molecule has 0 aliphatic carbocycles. The Hall–Kier alpha value is -2.92. The molecule has 134 valence electrons. The van der Waals surface area contributed by atoms with Crippen molar-refractivity contribution in [2.75, 3.05) is 7.11 Å². The fourth-order valence-electron chi connectivity index (χ4n) is 2.76. The van der Waals surface area contributed by atoms with Crippen LogP contribution >= 0.6 is 0 Å². The molecular formula is C21H22N2O3. The van der Waals surface area contributed by atoms with Gasteiger partial charge in [-0.05, 0) is 30.2 Å². The number of benzene rings is 2. The number of carbonyl (C=O) groups excluding carboxylic acids is 1. The summed E-state index contributed by atoms with van der Waals surface area (Å²) in [4.78, 5) is 15.6. The van der Waals surface area contributed by atoms with E-state index in [0.717, 1.165) is 11.1 Å². The highest BCUT2D eigenvalue weighted by Crippen LogP contribution is 2.22. The van der Waals surface area contributed by atoms with Gasteiger partial charge >= 0.3 is 5.97 Å². The van der Waals surface area contributed by atoms with Gasteiger partial charge in [0.05, 0.1) is 32.2 Å². The molecule has 0 spiro atoms. The molecule has 3 aromatic rings. The maximum Gasteiger partial charge on any atom is 0.337 e. The molecule has 0 bridgehead atoms. The third-order valence-corrected chi connectivity index (χ3v) is 4.18. The summed E-state index contributed by atoms with van der Waals surface area (Å²) in [5.74, 6) is -0.338.